The molecule has 1 spiro atoms. The molecular formula is C9H14O4. The molecule has 0 aromatic heterocycles. The highest BCUT2D eigenvalue weighted by molar-refractivity contribution is 5.08. The predicted molar refractivity (Wildman–Crippen MR) is 45.2 cm³/mol. The van der Waals surface area contributed by atoms with E-state index in [1.807, 2.05) is 0 Å². The number of rotatable bonds is 2. The van der Waals surface area contributed by atoms with Crippen molar-refractivity contribution in [3.8, 4) is 0 Å². The number of aliphatic hydroxyl groups is 1. The lowest BCUT2D eigenvalue weighted by Gasteiger charge is -2.35. The zero-order valence-electron chi connectivity index (χ0n) is 7.60. The summed E-state index contributed by atoms with van der Waals surface area (Å²) in [6.45, 7) is 4.19. The maximum Gasteiger partial charge on any atom is 0.161 e. The molecule has 0 saturated carbocycles. The van der Waals surface area contributed by atoms with Crippen LogP contribution >= 0.6 is 0 Å². The van der Waals surface area contributed by atoms with Crippen LogP contribution in [-0.4, -0.2) is 42.9 Å². The fourth-order valence-electron chi connectivity index (χ4n) is 1.70. The standard InChI is InChI=1S/C9H14O4/c1-3-6-8(10)9(5-12-9)4-7(11-2)13-6/h3,6-8,10H,1,4-5H2,2H3. The second-order valence-corrected chi connectivity index (χ2v) is 3.50. The van der Waals surface area contributed by atoms with Crippen LogP contribution in [0.1, 0.15) is 6.42 Å². The normalized spacial score (nSPS) is 49.2. The van der Waals surface area contributed by atoms with Gasteiger partial charge in [-0.15, -0.1) is 6.58 Å². The molecule has 0 radical (unpaired) electrons. The molecule has 0 aromatic carbocycles. The largest absolute Gasteiger partial charge is 0.387 e. The van der Waals surface area contributed by atoms with Gasteiger partial charge in [-0.05, 0) is 0 Å². The van der Waals surface area contributed by atoms with E-state index in [1.165, 1.54) is 0 Å². The van der Waals surface area contributed by atoms with Crippen molar-refractivity contribution in [2.24, 2.45) is 0 Å². The molecule has 2 aliphatic heterocycles. The van der Waals surface area contributed by atoms with Crippen molar-refractivity contribution in [1.82, 2.24) is 0 Å². The molecule has 1 N–H and O–H groups in total. The van der Waals surface area contributed by atoms with Crippen molar-refractivity contribution >= 4 is 0 Å². The van der Waals surface area contributed by atoms with Gasteiger partial charge in [-0.3, -0.25) is 0 Å². The Bertz CT molecular complexity index is 212. The van der Waals surface area contributed by atoms with Crippen LogP contribution in [0.2, 0.25) is 0 Å². The zero-order valence-corrected chi connectivity index (χ0v) is 7.60. The lowest BCUT2D eigenvalue weighted by molar-refractivity contribution is -0.219. The van der Waals surface area contributed by atoms with Crippen molar-refractivity contribution < 1.29 is 19.3 Å². The Hall–Kier alpha value is -0.420. The van der Waals surface area contributed by atoms with Crippen molar-refractivity contribution in [3.63, 3.8) is 0 Å². The molecule has 4 heteroatoms. The maximum atomic E-state index is 9.80. The van der Waals surface area contributed by atoms with Gasteiger partial charge >= 0.3 is 0 Å². The summed E-state index contributed by atoms with van der Waals surface area (Å²) >= 11 is 0. The molecule has 13 heavy (non-hydrogen) atoms. The quantitative estimate of drug-likeness (QED) is 0.489. The van der Waals surface area contributed by atoms with E-state index in [4.69, 9.17) is 14.2 Å². The number of methoxy groups -OCH3 is 1. The average Bonchev–Trinajstić information content (AvgIpc) is 2.91. The van der Waals surface area contributed by atoms with E-state index in [0.717, 1.165) is 0 Å². The van der Waals surface area contributed by atoms with Gasteiger partial charge in [-0.25, -0.2) is 0 Å². The number of hydrogen-bond acceptors (Lipinski definition) is 4. The van der Waals surface area contributed by atoms with Crippen molar-refractivity contribution in [2.75, 3.05) is 13.7 Å². The van der Waals surface area contributed by atoms with Crippen molar-refractivity contribution in [1.29, 1.82) is 0 Å². The Morgan fingerprint density at radius 3 is 2.85 bits per heavy atom. The monoisotopic (exact) mass is 186 g/mol. The van der Waals surface area contributed by atoms with Crippen LogP contribution in [-0.2, 0) is 14.2 Å². The number of hydrogen-bond donors (Lipinski definition) is 1. The summed E-state index contributed by atoms with van der Waals surface area (Å²) in [6.07, 6.45) is 0.875. The van der Waals surface area contributed by atoms with Gasteiger partial charge in [-0.1, -0.05) is 6.08 Å². The first-order valence-corrected chi connectivity index (χ1v) is 4.35. The molecule has 4 unspecified atom stereocenters. The number of epoxide rings is 1. The third-order valence-electron chi connectivity index (χ3n) is 2.68. The highest BCUT2D eigenvalue weighted by Gasteiger charge is 2.58. The van der Waals surface area contributed by atoms with Crippen molar-refractivity contribution in [3.05, 3.63) is 12.7 Å². The zero-order chi connectivity index (χ0) is 9.47. The molecule has 0 aliphatic carbocycles. The summed E-state index contributed by atoms with van der Waals surface area (Å²) in [4.78, 5) is 0. The molecule has 2 saturated heterocycles. The second-order valence-electron chi connectivity index (χ2n) is 3.50. The molecule has 0 aromatic rings. The molecule has 0 amide bonds. The summed E-state index contributed by atoms with van der Waals surface area (Å²) in [5.74, 6) is 0. The first-order chi connectivity index (χ1) is 6.22. The first-order valence-electron chi connectivity index (χ1n) is 4.35. The number of ether oxygens (including phenoxy) is 3. The minimum Gasteiger partial charge on any atom is -0.387 e. The lowest BCUT2D eigenvalue weighted by Crippen LogP contribution is -2.50. The summed E-state index contributed by atoms with van der Waals surface area (Å²) in [7, 11) is 1.58. The van der Waals surface area contributed by atoms with E-state index >= 15 is 0 Å². The van der Waals surface area contributed by atoms with Crippen LogP contribution in [0.5, 0.6) is 0 Å². The average molecular weight is 186 g/mol. The van der Waals surface area contributed by atoms with Gasteiger partial charge in [-0.2, -0.15) is 0 Å². The first kappa shape index (κ1) is 9.15. The van der Waals surface area contributed by atoms with Crippen molar-refractivity contribution in [2.45, 2.75) is 30.5 Å². The molecule has 4 atom stereocenters. The van der Waals surface area contributed by atoms with Gasteiger partial charge in [0, 0.05) is 13.5 Å². The van der Waals surface area contributed by atoms with E-state index in [-0.39, 0.29) is 12.4 Å². The summed E-state index contributed by atoms with van der Waals surface area (Å²) < 4.78 is 15.7. The Kier molecular flexibility index (Phi) is 2.15. The van der Waals surface area contributed by atoms with Gasteiger partial charge < -0.3 is 19.3 Å². The SMILES string of the molecule is C=CC1OC(OC)CC2(CO2)C1O. The van der Waals surface area contributed by atoms with Gasteiger partial charge in [0.05, 0.1) is 6.61 Å². The van der Waals surface area contributed by atoms with Crippen LogP contribution in [0.4, 0.5) is 0 Å². The Labute approximate surface area is 77.1 Å². The molecule has 2 aliphatic rings. The lowest BCUT2D eigenvalue weighted by atomic mass is 9.92. The fourth-order valence-corrected chi connectivity index (χ4v) is 1.70. The predicted octanol–water partition coefficient (Wildman–Crippen LogP) is 0.0637. The van der Waals surface area contributed by atoms with Gasteiger partial charge in [0.1, 0.15) is 17.8 Å². The maximum absolute atomic E-state index is 9.80. The van der Waals surface area contributed by atoms with E-state index in [0.29, 0.717) is 13.0 Å². The Morgan fingerprint density at radius 2 is 2.38 bits per heavy atom. The van der Waals surface area contributed by atoms with E-state index in [9.17, 15) is 5.11 Å². The van der Waals surface area contributed by atoms with Crippen LogP contribution in [0, 0.1) is 0 Å². The molecule has 2 rings (SSSR count). The Balaban J connectivity index is 2.10. The van der Waals surface area contributed by atoms with E-state index < -0.39 is 11.7 Å². The third-order valence-corrected chi connectivity index (χ3v) is 2.68. The molecule has 0 bridgehead atoms. The van der Waals surface area contributed by atoms with Gasteiger partial charge in [0.25, 0.3) is 0 Å². The third kappa shape index (κ3) is 1.40. The van der Waals surface area contributed by atoms with Gasteiger partial charge in [0.15, 0.2) is 6.29 Å². The molecule has 4 nitrogen and oxygen atoms in total. The summed E-state index contributed by atoms with van der Waals surface area (Å²) in [5, 5.41) is 9.80. The fraction of sp³-hybridized carbons (Fsp3) is 0.778. The highest BCUT2D eigenvalue weighted by Crippen LogP contribution is 2.42. The smallest absolute Gasteiger partial charge is 0.161 e. The molecule has 2 fully saturated rings. The summed E-state index contributed by atoms with van der Waals surface area (Å²) in [5.41, 5.74) is -0.433. The summed E-state index contributed by atoms with van der Waals surface area (Å²) in [6, 6.07) is 0. The number of aliphatic hydroxyl groups excluding tert-OH is 1. The van der Waals surface area contributed by atoms with Crippen LogP contribution < -0.4 is 0 Å². The molecule has 74 valence electrons. The van der Waals surface area contributed by atoms with Crippen LogP contribution in [0.3, 0.4) is 0 Å². The van der Waals surface area contributed by atoms with E-state index in [1.54, 1.807) is 13.2 Å². The minimum absolute atomic E-state index is 0.297. The van der Waals surface area contributed by atoms with Crippen LogP contribution in [0.15, 0.2) is 12.7 Å². The minimum atomic E-state index is -0.614. The van der Waals surface area contributed by atoms with Gasteiger partial charge in [0.2, 0.25) is 0 Å². The molecular weight excluding hydrogens is 172 g/mol. The highest BCUT2D eigenvalue weighted by atomic mass is 16.7. The topological polar surface area (TPSA) is 51.2 Å². The Morgan fingerprint density at radius 1 is 1.69 bits per heavy atom. The molecule has 2 heterocycles. The van der Waals surface area contributed by atoms with Crippen LogP contribution in [0.25, 0.3) is 0 Å². The second kappa shape index (κ2) is 3.06. The van der Waals surface area contributed by atoms with E-state index in [2.05, 4.69) is 6.58 Å².